The van der Waals surface area contributed by atoms with Gasteiger partial charge in [-0.15, -0.1) is 0 Å². The number of benzene rings is 3. The first kappa shape index (κ1) is 24.2. The summed E-state index contributed by atoms with van der Waals surface area (Å²) in [5.74, 6) is 1.68. The summed E-state index contributed by atoms with van der Waals surface area (Å²) in [6.45, 7) is 2.37. The van der Waals surface area contributed by atoms with Crippen molar-refractivity contribution in [1.29, 1.82) is 0 Å². The zero-order valence-electron chi connectivity index (χ0n) is 21.0. The standard InChI is InChI=1S/C30H33N3O3/c1-33(2)13-3-15-35-25-11-9-23-17-27(31-29(23)19-25)21-5-7-22(8-6-21)28-18-24-10-12-26(20-30(24)32-28)36-16-4-14-34/h5-12,19-20,34H,3-4,13-18H2,1-2H3. The molecule has 0 saturated heterocycles. The van der Waals surface area contributed by atoms with Gasteiger partial charge in [0.15, 0.2) is 0 Å². The molecular formula is C30H33N3O3. The first-order valence-electron chi connectivity index (χ1n) is 12.6. The molecule has 0 fully saturated rings. The molecule has 0 unspecified atom stereocenters. The van der Waals surface area contributed by atoms with E-state index in [-0.39, 0.29) is 6.61 Å². The fraction of sp³-hybridized carbons (Fsp3) is 0.333. The van der Waals surface area contributed by atoms with Crippen molar-refractivity contribution in [3.05, 3.63) is 82.9 Å². The van der Waals surface area contributed by atoms with Gasteiger partial charge in [0.05, 0.1) is 36.0 Å². The summed E-state index contributed by atoms with van der Waals surface area (Å²) in [5.41, 5.74) is 8.83. The minimum absolute atomic E-state index is 0.133. The molecule has 0 radical (unpaired) electrons. The molecule has 0 atom stereocenters. The van der Waals surface area contributed by atoms with Crippen LogP contribution in [0.4, 0.5) is 11.4 Å². The number of nitrogens with zero attached hydrogens (tertiary/aromatic N) is 3. The van der Waals surface area contributed by atoms with E-state index in [0.29, 0.717) is 19.6 Å². The number of ether oxygens (including phenoxy) is 2. The van der Waals surface area contributed by atoms with E-state index in [1.165, 1.54) is 11.1 Å². The fourth-order valence-corrected chi connectivity index (χ4v) is 4.52. The van der Waals surface area contributed by atoms with Crippen molar-refractivity contribution < 1.29 is 14.6 Å². The van der Waals surface area contributed by atoms with Crippen molar-refractivity contribution in [1.82, 2.24) is 4.90 Å². The van der Waals surface area contributed by atoms with Crippen molar-refractivity contribution in [2.75, 3.05) is 40.5 Å². The third-order valence-electron chi connectivity index (χ3n) is 6.48. The van der Waals surface area contributed by atoms with Crippen molar-refractivity contribution in [3.63, 3.8) is 0 Å². The highest BCUT2D eigenvalue weighted by molar-refractivity contribution is 6.09. The smallest absolute Gasteiger partial charge is 0.121 e. The summed E-state index contributed by atoms with van der Waals surface area (Å²) in [5, 5.41) is 8.94. The van der Waals surface area contributed by atoms with Crippen LogP contribution >= 0.6 is 0 Å². The van der Waals surface area contributed by atoms with Crippen LogP contribution in [0.1, 0.15) is 35.1 Å². The predicted octanol–water partition coefficient (Wildman–Crippen LogP) is 5.13. The molecule has 3 aromatic carbocycles. The van der Waals surface area contributed by atoms with Crippen molar-refractivity contribution in [2.45, 2.75) is 25.7 Å². The summed E-state index contributed by atoms with van der Waals surface area (Å²) >= 11 is 0. The molecule has 3 aromatic rings. The Balaban J connectivity index is 1.23. The van der Waals surface area contributed by atoms with Crippen LogP contribution in [-0.4, -0.2) is 61.9 Å². The first-order chi connectivity index (χ1) is 17.6. The van der Waals surface area contributed by atoms with Crippen LogP contribution in [0.5, 0.6) is 11.5 Å². The number of hydrogen-bond acceptors (Lipinski definition) is 6. The Morgan fingerprint density at radius 1 is 0.722 bits per heavy atom. The lowest BCUT2D eigenvalue weighted by Crippen LogP contribution is -2.15. The van der Waals surface area contributed by atoms with Gasteiger partial charge < -0.3 is 19.5 Å². The maximum Gasteiger partial charge on any atom is 0.121 e. The van der Waals surface area contributed by atoms with Crippen LogP contribution in [0.25, 0.3) is 0 Å². The first-order valence-corrected chi connectivity index (χ1v) is 12.6. The molecule has 0 saturated carbocycles. The molecule has 0 aliphatic carbocycles. The molecular weight excluding hydrogens is 450 g/mol. The molecule has 5 rings (SSSR count). The maximum atomic E-state index is 8.94. The van der Waals surface area contributed by atoms with Gasteiger partial charge in [0.2, 0.25) is 0 Å². The van der Waals surface area contributed by atoms with Crippen molar-refractivity contribution in [2.24, 2.45) is 9.98 Å². The SMILES string of the molecule is CN(C)CCCOc1ccc2c(c1)N=C(c1ccc(C3=Nc4cc(OCCCO)ccc4C3)cc1)C2. The minimum Gasteiger partial charge on any atom is -0.493 e. The molecule has 0 amide bonds. The Morgan fingerprint density at radius 3 is 1.69 bits per heavy atom. The van der Waals surface area contributed by atoms with E-state index in [1.807, 2.05) is 12.1 Å². The van der Waals surface area contributed by atoms with Crippen LogP contribution in [-0.2, 0) is 12.8 Å². The average molecular weight is 484 g/mol. The molecule has 2 aliphatic heterocycles. The number of aliphatic hydroxyl groups excluding tert-OH is 1. The molecule has 0 bridgehead atoms. The maximum absolute atomic E-state index is 8.94. The Bertz CT molecular complexity index is 1280. The Morgan fingerprint density at radius 2 is 1.22 bits per heavy atom. The van der Waals surface area contributed by atoms with Gasteiger partial charge in [-0.1, -0.05) is 36.4 Å². The van der Waals surface area contributed by atoms with Gasteiger partial charge in [-0.25, -0.2) is 0 Å². The summed E-state index contributed by atoms with van der Waals surface area (Å²) in [6, 6.07) is 20.9. The lowest BCUT2D eigenvalue weighted by atomic mass is 10.00. The average Bonchev–Trinajstić information content (AvgIpc) is 3.50. The Kier molecular flexibility index (Phi) is 7.44. The van der Waals surface area contributed by atoms with Crippen LogP contribution in [0.3, 0.4) is 0 Å². The third-order valence-corrected chi connectivity index (χ3v) is 6.48. The highest BCUT2D eigenvalue weighted by atomic mass is 16.5. The van der Waals surface area contributed by atoms with Gasteiger partial charge in [-0.2, -0.15) is 0 Å². The molecule has 0 spiro atoms. The van der Waals surface area contributed by atoms with E-state index in [4.69, 9.17) is 24.6 Å². The number of aliphatic hydroxyl groups is 1. The Labute approximate surface area is 212 Å². The molecule has 186 valence electrons. The van der Waals surface area contributed by atoms with Crippen molar-refractivity contribution in [3.8, 4) is 11.5 Å². The van der Waals surface area contributed by atoms with Gasteiger partial charge in [-0.3, -0.25) is 9.98 Å². The Hall–Kier alpha value is -3.48. The predicted molar refractivity (Wildman–Crippen MR) is 145 cm³/mol. The number of aliphatic imine (C=N–C) groups is 2. The highest BCUT2D eigenvalue weighted by Gasteiger charge is 2.19. The zero-order chi connectivity index (χ0) is 24.9. The summed E-state index contributed by atoms with van der Waals surface area (Å²) < 4.78 is 11.6. The van der Waals surface area contributed by atoms with Crippen LogP contribution in [0.2, 0.25) is 0 Å². The van der Waals surface area contributed by atoms with E-state index in [0.717, 1.165) is 71.2 Å². The van der Waals surface area contributed by atoms with Crippen LogP contribution < -0.4 is 9.47 Å². The lowest BCUT2D eigenvalue weighted by Gasteiger charge is -2.10. The van der Waals surface area contributed by atoms with Gasteiger partial charge in [0.25, 0.3) is 0 Å². The number of fused-ring (bicyclic) bond motifs is 2. The van der Waals surface area contributed by atoms with E-state index in [2.05, 4.69) is 67.5 Å². The topological polar surface area (TPSA) is 66.7 Å². The van der Waals surface area contributed by atoms with E-state index >= 15 is 0 Å². The van der Waals surface area contributed by atoms with Gasteiger partial charge in [0.1, 0.15) is 11.5 Å². The second-order valence-electron chi connectivity index (χ2n) is 9.56. The molecule has 36 heavy (non-hydrogen) atoms. The summed E-state index contributed by atoms with van der Waals surface area (Å²) in [7, 11) is 4.15. The molecule has 2 aliphatic rings. The highest BCUT2D eigenvalue weighted by Crippen LogP contribution is 2.34. The monoisotopic (exact) mass is 483 g/mol. The van der Waals surface area contributed by atoms with Gasteiger partial charge in [0, 0.05) is 44.5 Å². The minimum atomic E-state index is 0.133. The van der Waals surface area contributed by atoms with Crippen LogP contribution in [0.15, 0.2) is 70.6 Å². The van der Waals surface area contributed by atoms with Gasteiger partial charge >= 0.3 is 0 Å². The quantitative estimate of drug-likeness (QED) is 0.384. The second-order valence-corrected chi connectivity index (χ2v) is 9.56. The van der Waals surface area contributed by atoms with Gasteiger partial charge in [-0.05, 0) is 54.9 Å². The second kappa shape index (κ2) is 11.1. The molecule has 2 heterocycles. The normalized spacial score (nSPS) is 13.9. The summed E-state index contributed by atoms with van der Waals surface area (Å²) in [6.07, 6.45) is 3.28. The van der Waals surface area contributed by atoms with E-state index < -0.39 is 0 Å². The summed E-state index contributed by atoms with van der Waals surface area (Å²) in [4.78, 5) is 11.9. The number of hydrogen-bond donors (Lipinski definition) is 1. The lowest BCUT2D eigenvalue weighted by molar-refractivity contribution is 0.233. The molecule has 6 heteroatoms. The third kappa shape index (κ3) is 5.66. The van der Waals surface area contributed by atoms with E-state index in [1.54, 1.807) is 0 Å². The fourth-order valence-electron chi connectivity index (χ4n) is 4.52. The molecule has 1 N–H and O–H groups in total. The van der Waals surface area contributed by atoms with E-state index in [9.17, 15) is 0 Å². The molecule has 6 nitrogen and oxygen atoms in total. The largest absolute Gasteiger partial charge is 0.493 e. The number of rotatable bonds is 11. The van der Waals surface area contributed by atoms with Crippen molar-refractivity contribution >= 4 is 22.8 Å². The van der Waals surface area contributed by atoms with Crippen LogP contribution in [0, 0.1) is 0 Å². The zero-order valence-corrected chi connectivity index (χ0v) is 21.0. The molecule has 0 aromatic heterocycles.